The molecule has 1 aromatic carbocycles. The van der Waals surface area contributed by atoms with Crippen molar-refractivity contribution in [3.05, 3.63) is 41.8 Å². The van der Waals surface area contributed by atoms with Gasteiger partial charge >= 0.3 is 5.97 Å². The van der Waals surface area contributed by atoms with Crippen molar-refractivity contribution in [3.63, 3.8) is 0 Å². The Bertz CT molecular complexity index is 1390. The first-order valence-corrected chi connectivity index (χ1v) is 12.9. The Labute approximate surface area is 217 Å². The van der Waals surface area contributed by atoms with Gasteiger partial charge in [-0.2, -0.15) is 0 Å². The van der Waals surface area contributed by atoms with Crippen LogP contribution in [0.3, 0.4) is 0 Å². The molecule has 0 unspecified atom stereocenters. The summed E-state index contributed by atoms with van der Waals surface area (Å²) in [6.45, 7) is 1.19. The maximum Gasteiger partial charge on any atom is 0.333 e. The van der Waals surface area contributed by atoms with E-state index in [0.717, 1.165) is 31.8 Å². The molecule has 3 aliphatic rings. The molecule has 2 amide bonds. The lowest BCUT2D eigenvalue weighted by Gasteiger charge is -2.20. The van der Waals surface area contributed by atoms with E-state index in [4.69, 9.17) is 9.82 Å². The first-order valence-electron chi connectivity index (χ1n) is 12.1. The Morgan fingerprint density at radius 1 is 1.11 bits per heavy atom. The van der Waals surface area contributed by atoms with Crippen LogP contribution in [0, 0.1) is 0 Å². The first-order chi connectivity index (χ1) is 17.7. The maximum atomic E-state index is 12.0. The molecule has 194 valence electrons. The zero-order chi connectivity index (χ0) is 26.5. The third kappa shape index (κ3) is 6.48. The summed E-state index contributed by atoms with van der Waals surface area (Å²) in [5, 5.41) is 12.2. The molecule has 4 rings (SSSR count). The molecular formula is C26H28N4O6S. The first kappa shape index (κ1) is 26.2. The van der Waals surface area contributed by atoms with Gasteiger partial charge in [0.05, 0.1) is 20.8 Å². The van der Waals surface area contributed by atoms with E-state index in [-0.39, 0.29) is 25.7 Å². The smallest absolute Gasteiger partial charge is 0.333 e. The molecule has 0 N–H and O–H groups in total. The van der Waals surface area contributed by atoms with Crippen molar-refractivity contribution in [2.24, 2.45) is 0 Å². The minimum absolute atomic E-state index is 0.0298. The molecule has 1 aromatic rings. The standard InChI is InChI=1S/C26H28N4O6S/c1-28(13-3-5-25(33)34)17-7-9-19-21(15-17)37-22-16-18(8-10-20(22)27-19)29(2)14-4-6-26(35)36-30-23(31)11-12-24(30)32/h7-10,15-16H,3-6,11-14H2,1-2H3. The molecule has 10 nitrogen and oxygen atoms in total. The highest BCUT2D eigenvalue weighted by Gasteiger charge is 2.32. The number of rotatable bonds is 10. The fraction of sp³-hybridized carbons (Fsp3) is 0.385. The highest BCUT2D eigenvalue weighted by molar-refractivity contribution is 7.21. The Kier molecular flexibility index (Phi) is 8.12. The number of anilines is 1. The molecular weight excluding hydrogens is 496 g/mol. The highest BCUT2D eigenvalue weighted by atomic mass is 32.1. The average Bonchev–Trinajstić information content (AvgIpc) is 3.18. The third-order valence-electron chi connectivity index (χ3n) is 6.18. The van der Waals surface area contributed by atoms with Gasteiger partial charge in [0, 0.05) is 63.1 Å². The van der Waals surface area contributed by atoms with Crippen LogP contribution in [0.4, 0.5) is 5.69 Å². The zero-order valence-corrected chi connectivity index (χ0v) is 21.6. The molecule has 2 aliphatic heterocycles. The van der Waals surface area contributed by atoms with Crippen LogP contribution < -0.4 is 19.9 Å². The topological polar surface area (TPSA) is 123 Å². The molecule has 37 heavy (non-hydrogen) atoms. The van der Waals surface area contributed by atoms with Crippen molar-refractivity contribution in [2.45, 2.75) is 38.5 Å². The van der Waals surface area contributed by atoms with Crippen molar-refractivity contribution in [1.29, 1.82) is 0 Å². The predicted octanol–water partition coefficient (Wildman–Crippen LogP) is 1.16. The molecule has 1 saturated heterocycles. The van der Waals surface area contributed by atoms with Gasteiger partial charge < -0.3 is 19.6 Å². The maximum absolute atomic E-state index is 12.0. The van der Waals surface area contributed by atoms with Crippen LogP contribution in [-0.2, 0) is 24.0 Å². The fourth-order valence-electron chi connectivity index (χ4n) is 4.06. The monoisotopic (exact) mass is 524 g/mol. The van der Waals surface area contributed by atoms with Crippen LogP contribution in [0.5, 0.6) is 0 Å². The Morgan fingerprint density at radius 2 is 1.86 bits per heavy atom. The van der Waals surface area contributed by atoms with Crippen molar-refractivity contribution in [1.82, 2.24) is 14.6 Å². The van der Waals surface area contributed by atoms with Gasteiger partial charge in [-0.05, 0) is 37.1 Å². The van der Waals surface area contributed by atoms with Gasteiger partial charge in [0.1, 0.15) is 13.6 Å². The van der Waals surface area contributed by atoms with Gasteiger partial charge in [0.25, 0.3) is 11.8 Å². The molecule has 1 fully saturated rings. The summed E-state index contributed by atoms with van der Waals surface area (Å²) in [6.07, 6.45) is 1.27. The lowest BCUT2D eigenvalue weighted by Crippen LogP contribution is -2.32. The largest absolute Gasteiger partial charge is 0.550 e. The molecule has 2 heterocycles. The molecule has 0 radical (unpaired) electrons. The van der Waals surface area contributed by atoms with Crippen LogP contribution in [-0.4, -0.2) is 61.0 Å². The highest BCUT2D eigenvalue weighted by Crippen LogP contribution is 2.31. The van der Waals surface area contributed by atoms with Gasteiger partial charge in [-0.3, -0.25) is 9.59 Å². The number of imide groups is 1. The lowest BCUT2D eigenvalue weighted by molar-refractivity contribution is -0.305. The SMILES string of the molecule is CN(CCCC(=O)ON1C(=O)CCC1=O)c1ccc2nc3ccc(=[N+](C)CCCC(=O)[O-])cc-3sc2c1. The molecule has 0 aromatic heterocycles. The van der Waals surface area contributed by atoms with Crippen molar-refractivity contribution in [2.75, 3.05) is 32.1 Å². The van der Waals surface area contributed by atoms with Crippen LogP contribution in [0.2, 0.25) is 0 Å². The second-order valence-corrected chi connectivity index (χ2v) is 10.1. The van der Waals surface area contributed by atoms with Gasteiger partial charge in [0.15, 0.2) is 0 Å². The molecule has 0 saturated carbocycles. The number of hydrogen-bond donors (Lipinski definition) is 0. The van der Waals surface area contributed by atoms with Crippen LogP contribution >= 0.6 is 11.3 Å². The number of aliphatic carboxylic acids is 1. The van der Waals surface area contributed by atoms with E-state index < -0.39 is 23.8 Å². The predicted molar refractivity (Wildman–Crippen MR) is 136 cm³/mol. The summed E-state index contributed by atoms with van der Waals surface area (Å²) in [7, 11) is 3.86. The van der Waals surface area contributed by atoms with E-state index in [1.54, 1.807) is 11.3 Å². The number of carboxylic acids is 1. The zero-order valence-electron chi connectivity index (χ0n) is 20.8. The molecule has 1 aliphatic carbocycles. The average molecular weight is 525 g/mol. The van der Waals surface area contributed by atoms with E-state index in [0.29, 0.717) is 31.0 Å². The van der Waals surface area contributed by atoms with E-state index in [2.05, 4.69) is 12.1 Å². The second-order valence-electron chi connectivity index (χ2n) is 8.99. The lowest BCUT2D eigenvalue weighted by atomic mass is 10.2. The van der Waals surface area contributed by atoms with E-state index in [1.165, 1.54) is 0 Å². The Morgan fingerprint density at radius 3 is 2.59 bits per heavy atom. The molecule has 11 heteroatoms. The number of hydrogen-bond acceptors (Lipinski definition) is 9. The fourth-order valence-corrected chi connectivity index (χ4v) is 5.09. The van der Waals surface area contributed by atoms with Gasteiger partial charge in [-0.1, -0.05) is 0 Å². The van der Waals surface area contributed by atoms with E-state index in [1.807, 2.05) is 47.8 Å². The second kappa shape index (κ2) is 11.5. The van der Waals surface area contributed by atoms with E-state index >= 15 is 0 Å². The number of aromatic nitrogens is 1. The summed E-state index contributed by atoms with van der Waals surface area (Å²) in [5.41, 5.74) is 2.74. The number of carboxylic acid groups (broad SMARTS) is 1. The van der Waals surface area contributed by atoms with Crippen molar-refractivity contribution < 1.29 is 29.1 Å². The van der Waals surface area contributed by atoms with Crippen LogP contribution in [0.25, 0.3) is 20.8 Å². The number of carbonyl (C=O) groups excluding carboxylic acids is 4. The Hall–Kier alpha value is -3.86. The summed E-state index contributed by atoms with van der Waals surface area (Å²) in [5.74, 6) is -2.61. The Balaban J connectivity index is 1.42. The van der Waals surface area contributed by atoms with E-state index in [9.17, 15) is 24.3 Å². The number of benzene rings is 2. The molecule has 0 bridgehead atoms. The quantitative estimate of drug-likeness (QED) is 0.220. The molecule has 0 spiro atoms. The van der Waals surface area contributed by atoms with Crippen molar-refractivity contribution in [3.8, 4) is 10.6 Å². The minimum atomic E-state index is -1.04. The van der Waals surface area contributed by atoms with Gasteiger partial charge in [-0.25, -0.2) is 14.4 Å². The minimum Gasteiger partial charge on any atom is -0.550 e. The van der Waals surface area contributed by atoms with Crippen LogP contribution in [0.15, 0.2) is 36.4 Å². The summed E-state index contributed by atoms with van der Waals surface area (Å²) in [4.78, 5) is 58.6. The normalized spacial score (nSPS) is 14.4. The number of fused-ring (bicyclic) bond motifs is 2. The summed E-state index contributed by atoms with van der Waals surface area (Å²) in [6, 6.07) is 12.0. The summed E-state index contributed by atoms with van der Waals surface area (Å²) < 4.78 is 3.03. The van der Waals surface area contributed by atoms with Crippen molar-refractivity contribution >= 4 is 51.0 Å². The van der Waals surface area contributed by atoms with Crippen LogP contribution in [0.1, 0.15) is 38.5 Å². The number of amides is 2. The van der Waals surface area contributed by atoms with Gasteiger partial charge in [0.2, 0.25) is 5.36 Å². The third-order valence-corrected chi connectivity index (χ3v) is 7.27. The molecule has 0 atom stereocenters. The number of hydroxylamine groups is 2. The van der Waals surface area contributed by atoms with Gasteiger partial charge in [-0.15, -0.1) is 16.4 Å². The number of nitrogens with zero attached hydrogens (tertiary/aromatic N) is 4. The number of carbonyl (C=O) groups is 4. The summed E-state index contributed by atoms with van der Waals surface area (Å²) >= 11 is 1.63.